The van der Waals surface area contributed by atoms with E-state index < -0.39 is 0 Å². The zero-order valence-corrected chi connectivity index (χ0v) is 19.0. The summed E-state index contributed by atoms with van der Waals surface area (Å²) in [6.45, 7) is 0.209. The van der Waals surface area contributed by atoms with Gasteiger partial charge in [0.2, 0.25) is 11.7 Å². The number of carbonyl (C=O) groups is 1. The predicted octanol–water partition coefficient (Wildman–Crippen LogP) is 4.49. The van der Waals surface area contributed by atoms with Gasteiger partial charge in [0.15, 0.2) is 6.61 Å². The lowest BCUT2D eigenvalue weighted by atomic mass is 9.94. The highest BCUT2D eigenvalue weighted by Crippen LogP contribution is 2.26. The van der Waals surface area contributed by atoms with Crippen molar-refractivity contribution in [1.82, 2.24) is 15.0 Å². The van der Waals surface area contributed by atoms with E-state index in [0.717, 1.165) is 42.7 Å². The van der Waals surface area contributed by atoms with Crippen LogP contribution in [0.5, 0.6) is 17.2 Å². The quantitative estimate of drug-likeness (QED) is 0.474. The van der Waals surface area contributed by atoms with Gasteiger partial charge in [0.1, 0.15) is 23.8 Å². The Balaban J connectivity index is 1.44. The first-order valence-electron chi connectivity index (χ1n) is 11.2. The van der Waals surface area contributed by atoms with Gasteiger partial charge in [-0.2, -0.15) is 4.98 Å². The number of benzene rings is 2. The summed E-state index contributed by atoms with van der Waals surface area (Å²) >= 11 is 0. The second-order valence-corrected chi connectivity index (χ2v) is 8.02. The van der Waals surface area contributed by atoms with Crippen LogP contribution < -0.4 is 14.2 Å². The molecule has 4 rings (SSSR count). The molecule has 1 fully saturated rings. The summed E-state index contributed by atoms with van der Waals surface area (Å²) in [6.07, 6.45) is 5.34. The minimum atomic E-state index is -0.0954. The molecule has 1 aromatic heterocycles. The Morgan fingerprint density at radius 3 is 2.18 bits per heavy atom. The summed E-state index contributed by atoms with van der Waals surface area (Å²) < 4.78 is 21.6. The van der Waals surface area contributed by atoms with Crippen molar-refractivity contribution in [1.29, 1.82) is 0 Å². The molecule has 2 aromatic carbocycles. The third-order valence-corrected chi connectivity index (χ3v) is 5.88. The average molecular weight is 452 g/mol. The molecule has 1 saturated carbocycles. The zero-order valence-electron chi connectivity index (χ0n) is 19.0. The van der Waals surface area contributed by atoms with E-state index in [0.29, 0.717) is 17.5 Å². The lowest BCUT2D eigenvalue weighted by Gasteiger charge is -2.33. The molecule has 0 spiro atoms. The normalized spacial score (nSPS) is 14.0. The first-order valence-corrected chi connectivity index (χ1v) is 11.2. The van der Waals surface area contributed by atoms with Crippen molar-refractivity contribution in [2.75, 3.05) is 20.8 Å². The summed E-state index contributed by atoms with van der Waals surface area (Å²) in [6, 6.07) is 14.8. The van der Waals surface area contributed by atoms with Crippen molar-refractivity contribution in [3.8, 4) is 28.6 Å². The molecule has 3 aromatic rings. The molecule has 0 aliphatic heterocycles. The summed E-state index contributed by atoms with van der Waals surface area (Å²) in [5.41, 5.74) is 0.823. The Hall–Kier alpha value is -3.55. The molecule has 0 N–H and O–H groups in total. The van der Waals surface area contributed by atoms with Gasteiger partial charge in [-0.3, -0.25) is 4.79 Å². The fraction of sp³-hybridized carbons (Fsp3) is 0.400. The Kier molecular flexibility index (Phi) is 7.44. The number of ether oxygens (including phenoxy) is 3. The van der Waals surface area contributed by atoms with Crippen LogP contribution in [0.4, 0.5) is 0 Å². The van der Waals surface area contributed by atoms with Crippen LogP contribution in [0.25, 0.3) is 11.4 Å². The second kappa shape index (κ2) is 10.8. The maximum Gasteiger partial charge on any atom is 0.261 e. The van der Waals surface area contributed by atoms with Crippen LogP contribution in [0.15, 0.2) is 53.1 Å². The monoisotopic (exact) mass is 451 g/mol. The van der Waals surface area contributed by atoms with Crippen molar-refractivity contribution in [3.63, 3.8) is 0 Å². The van der Waals surface area contributed by atoms with E-state index in [-0.39, 0.29) is 25.1 Å². The standard InChI is InChI=1S/C25H29N3O5/c1-30-20-10-8-18(9-11-20)25-26-23(33-27-25)16-28(19-6-4-3-5-7-19)24(29)17-32-22-14-12-21(31-2)13-15-22/h8-15,19H,3-7,16-17H2,1-2H3. The highest BCUT2D eigenvalue weighted by Gasteiger charge is 2.28. The largest absolute Gasteiger partial charge is 0.497 e. The maximum absolute atomic E-state index is 13.2. The molecule has 0 saturated heterocycles. The number of hydrogen-bond acceptors (Lipinski definition) is 7. The molecule has 0 atom stereocenters. The lowest BCUT2D eigenvalue weighted by Crippen LogP contribution is -2.43. The van der Waals surface area contributed by atoms with Gasteiger partial charge in [0.25, 0.3) is 5.91 Å². The highest BCUT2D eigenvalue weighted by atomic mass is 16.5. The summed E-state index contributed by atoms with van der Waals surface area (Å²) in [5, 5.41) is 4.10. The Morgan fingerprint density at radius 2 is 1.55 bits per heavy atom. The third kappa shape index (κ3) is 5.83. The highest BCUT2D eigenvalue weighted by molar-refractivity contribution is 5.78. The smallest absolute Gasteiger partial charge is 0.261 e. The Bertz CT molecular complexity index is 1030. The molecule has 0 bridgehead atoms. The van der Waals surface area contributed by atoms with Crippen molar-refractivity contribution < 1.29 is 23.5 Å². The van der Waals surface area contributed by atoms with Gasteiger partial charge >= 0.3 is 0 Å². The van der Waals surface area contributed by atoms with Crippen molar-refractivity contribution in [3.05, 3.63) is 54.4 Å². The molecule has 1 heterocycles. The van der Waals surface area contributed by atoms with Gasteiger partial charge in [-0.25, -0.2) is 0 Å². The molecule has 1 aliphatic rings. The van der Waals surface area contributed by atoms with Crippen LogP contribution in [0.1, 0.15) is 38.0 Å². The van der Waals surface area contributed by atoms with E-state index >= 15 is 0 Å². The molecular weight excluding hydrogens is 422 g/mol. The molecule has 174 valence electrons. The number of methoxy groups -OCH3 is 2. The van der Waals surface area contributed by atoms with Crippen LogP contribution in [0.2, 0.25) is 0 Å². The Labute approximate surface area is 193 Å². The first kappa shape index (κ1) is 22.6. The fourth-order valence-electron chi connectivity index (χ4n) is 4.04. The van der Waals surface area contributed by atoms with Crippen LogP contribution in [0, 0.1) is 0 Å². The molecule has 8 nitrogen and oxygen atoms in total. The zero-order chi connectivity index (χ0) is 23.0. The van der Waals surface area contributed by atoms with Gasteiger partial charge in [0, 0.05) is 11.6 Å². The topological polar surface area (TPSA) is 86.9 Å². The number of aromatic nitrogens is 2. The third-order valence-electron chi connectivity index (χ3n) is 5.88. The first-order chi connectivity index (χ1) is 16.2. The minimum Gasteiger partial charge on any atom is -0.497 e. The minimum absolute atomic E-state index is 0.0533. The number of rotatable bonds is 9. The summed E-state index contributed by atoms with van der Waals surface area (Å²) in [4.78, 5) is 19.5. The van der Waals surface area contributed by atoms with Crippen LogP contribution >= 0.6 is 0 Å². The average Bonchev–Trinajstić information content (AvgIpc) is 3.35. The summed E-state index contributed by atoms with van der Waals surface area (Å²) in [5.74, 6) is 2.91. The SMILES string of the molecule is COc1ccc(OCC(=O)N(Cc2nc(-c3ccc(OC)cc3)no2)C2CCCCC2)cc1. The van der Waals surface area contributed by atoms with Crippen LogP contribution in [-0.2, 0) is 11.3 Å². The molecule has 0 unspecified atom stereocenters. The van der Waals surface area contributed by atoms with Gasteiger partial charge < -0.3 is 23.6 Å². The van der Waals surface area contributed by atoms with Crippen LogP contribution in [-0.4, -0.2) is 47.8 Å². The molecule has 33 heavy (non-hydrogen) atoms. The maximum atomic E-state index is 13.2. The van der Waals surface area contributed by atoms with E-state index in [1.165, 1.54) is 6.42 Å². The van der Waals surface area contributed by atoms with E-state index in [1.54, 1.807) is 38.5 Å². The van der Waals surface area contributed by atoms with Crippen LogP contribution in [0.3, 0.4) is 0 Å². The molecular formula is C25H29N3O5. The molecule has 0 radical (unpaired) electrons. The fourth-order valence-corrected chi connectivity index (χ4v) is 4.04. The van der Waals surface area contributed by atoms with E-state index in [2.05, 4.69) is 10.1 Å². The van der Waals surface area contributed by atoms with Gasteiger partial charge in [-0.15, -0.1) is 0 Å². The lowest BCUT2D eigenvalue weighted by molar-refractivity contribution is -0.137. The van der Waals surface area contributed by atoms with Crippen molar-refractivity contribution in [2.24, 2.45) is 0 Å². The predicted molar refractivity (Wildman–Crippen MR) is 122 cm³/mol. The van der Waals surface area contributed by atoms with Gasteiger partial charge in [-0.1, -0.05) is 24.4 Å². The van der Waals surface area contributed by atoms with E-state index in [4.69, 9.17) is 18.7 Å². The number of nitrogens with zero attached hydrogens (tertiary/aromatic N) is 3. The molecule has 1 aliphatic carbocycles. The molecule has 8 heteroatoms. The number of carbonyl (C=O) groups excluding carboxylic acids is 1. The van der Waals surface area contributed by atoms with Gasteiger partial charge in [-0.05, 0) is 61.4 Å². The number of amides is 1. The van der Waals surface area contributed by atoms with E-state index in [1.807, 2.05) is 29.2 Å². The second-order valence-electron chi connectivity index (χ2n) is 8.02. The van der Waals surface area contributed by atoms with E-state index in [9.17, 15) is 4.79 Å². The van der Waals surface area contributed by atoms with Crippen molar-refractivity contribution >= 4 is 5.91 Å². The molecule has 1 amide bonds. The number of hydrogen-bond donors (Lipinski definition) is 0. The summed E-state index contributed by atoms with van der Waals surface area (Å²) in [7, 11) is 3.23. The Morgan fingerprint density at radius 1 is 0.939 bits per heavy atom. The van der Waals surface area contributed by atoms with Crippen molar-refractivity contribution in [2.45, 2.75) is 44.7 Å². The van der Waals surface area contributed by atoms with Gasteiger partial charge in [0.05, 0.1) is 14.2 Å².